The number of hydrogen-bond acceptors (Lipinski definition) is 9. The molecule has 5 atom stereocenters. The zero-order valence-corrected chi connectivity index (χ0v) is 13.3. The normalized spacial score (nSPS) is 32.2. The fraction of sp³-hybridized carbons (Fsp3) is 0.714. The molecule has 0 N–H and O–H groups in total. The van der Waals surface area contributed by atoms with Crippen LogP contribution in [-0.4, -0.2) is 61.1 Å². The van der Waals surface area contributed by atoms with Gasteiger partial charge in [0, 0.05) is 27.7 Å². The second-order valence-electron chi connectivity index (χ2n) is 5.25. The lowest BCUT2D eigenvalue weighted by atomic mass is 9.97. The molecule has 0 aromatic rings. The largest absolute Gasteiger partial charge is 0.463 e. The zero-order chi connectivity index (χ0) is 17.1. The Morgan fingerprint density at radius 3 is 2.22 bits per heavy atom. The van der Waals surface area contributed by atoms with Gasteiger partial charge >= 0.3 is 17.9 Å². The zero-order valence-electron chi connectivity index (χ0n) is 13.3. The third-order valence-corrected chi connectivity index (χ3v) is 3.29. The first-order chi connectivity index (χ1) is 10.8. The quantitative estimate of drug-likeness (QED) is 0.522. The lowest BCUT2D eigenvalue weighted by Crippen LogP contribution is -2.60. The molecular formula is C14H19NO8. The molecular weight excluding hydrogens is 310 g/mol. The van der Waals surface area contributed by atoms with Crippen molar-refractivity contribution in [2.75, 3.05) is 6.61 Å². The van der Waals surface area contributed by atoms with E-state index in [0.29, 0.717) is 5.90 Å². The summed E-state index contributed by atoms with van der Waals surface area (Å²) in [5, 5.41) is 0. The lowest BCUT2D eigenvalue weighted by Gasteiger charge is -2.40. The highest BCUT2D eigenvalue weighted by molar-refractivity contribution is 5.75. The number of hydrogen-bond donors (Lipinski definition) is 0. The SMILES string of the molecule is CC(=O)OC[C@@H]1O[C@@H]2OC(C)=N[C@@H]2[C@H](OC(C)=O)[C@@H]1OC(C)=O. The van der Waals surface area contributed by atoms with Crippen LogP contribution in [0.15, 0.2) is 4.99 Å². The maximum absolute atomic E-state index is 11.4. The summed E-state index contributed by atoms with van der Waals surface area (Å²) >= 11 is 0. The van der Waals surface area contributed by atoms with Gasteiger partial charge in [0.15, 0.2) is 24.1 Å². The average Bonchev–Trinajstić information content (AvgIpc) is 2.78. The van der Waals surface area contributed by atoms with Crippen LogP contribution >= 0.6 is 0 Å². The highest BCUT2D eigenvalue weighted by Crippen LogP contribution is 2.32. The second kappa shape index (κ2) is 6.95. The van der Waals surface area contributed by atoms with E-state index in [2.05, 4.69) is 4.99 Å². The van der Waals surface area contributed by atoms with Crippen LogP contribution in [0.4, 0.5) is 0 Å². The van der Waals surface area contributed by atoms with Crippen LogP contribution in [0.1, 0.15) is 27.7 Å². The van der Waals surface area contributed by atoms with E-state index in [1.165, 1.54) is 20.8 Å². The molecule has 0 saturated carbocycles. The topological polar surface area (TPSA) is 110 Å². The third kappa shape index (κ3) is 4.19. The Hall–Kier alpha value is -2.16. The van der Waals surface area contributed by atoms with Gasteiger partial charge in [-0.15, -0.1) is 0 Å². The van der Waals surface area contributed by atoms with E-state index >= 15 is 0 Å². The van der Waals surface area contributed by atoms with E-state index in [9.17, 15) is 14.4 Å². The number of fused-ring (bicyclic) bond motifs is 1. The van der Waals surface area contributed by atoms with Gasteiger partial charge in [-0.05, 0) is 0 Å². The van der Waals surface area contributed by atoms with Gasteiger partial charge in [-0.25, -0.2) is 4.99 Å². The Kier molecular flexibility index (Phi) is 5.19. The Balaban J connectivity index is 2.26. The van der Waals surface area contributed by atoms with Crippen LogP contribution in [0, 0.1) is 0 Å². The standard InChI is InChI=1S/C14H19NO8/c1-6-15-11-13(22-9(4)18)12(21-8(3)17)10(5-19-7(2)16)23-14(11)20-6/h10-14H,5H2,1-4H3/t10-,11+,12+,13-,14-/m0/s1. The van der Waals surface area contributed by atoms with Crippen molar-refractivity contribution in [2.24, 2.45) is 4.99 Å². The highest BCUT2D eigenvalue weighted by atomic mass is 16.7. The minimum atomic E-state index is -0.963. The number of aliphatic imine (C=N–C) groups is 1. The van der Waals surface area contributed by atoms with Gasteiger partial charge in [0.25, 0.3) is 0 Å². The van der Waals surface area contributed by atoms with Crippen LogP contribution in [-0.2, 0) is 38.1 Å². The van der Waals surface area contributed by atoms with Crippen molar-refractivity contribution in [3.63, 3.8) is 0 Å². The van der Waals surface area contributed by atoms with Crippen LogP contribution in [0.5, 0.6) is 0 Å². The number of rotatable bonds is 4. The van der Waals surface area contributed by atoms with Crippen molar-refractivity contribution in [3.05, 3.63) is 0 Å². The predicted molar refractivity (Wildman–Crippen MR) is 74.4 cm³/mol. The van der Waals surface area contributed by atoms with Crippen molar-refractivity contribution in [2.45, 2.75) is 58.3 Å². The number of carbonyl (C=O) groups is 3. The first-order valence-electron chi connectivity index (χ1n) is 7.12. The van der Waals surface area contributed by atoms with E-state index < -0.39 is 48.6 Å². The van der Waals surface area contributed by atoms with Gasteiger partial charge in [0.2, 0.25) is 6.29 Å². The molecule has 9 heteroatoms. The van der Waals surface area contributed by atoms with E-state index in [-0.39, 0.29) is 6.61 Å². The molecule has 0 unspecified atom stereocenters. The molecule has 0 aromatic heterocycles. The van der Waals surface area contributed by atoms with Crippen LogP contribution in [0.3, 0.4) is 0 Å². The lowest BCUT2D eigenvalue weighted by molar-refractivity contribution is -0.249. The maximum Gasteiger partial charge on any atom is 0.303 e. The Morgan fingerprint density at radius 2 is 1.65 bits per heavy atom. The maximum atomic E-state index is 11.4. The second-order valence-corrected chi connectivity index (χ2v) is 5.25. The molecule has 2 aliphatic heterocycles. The van der Waals surface area contributed by atoms with Gasteiger partial charge in [0.05, 0.1) is 0 Å². The van der Waals surface area contributed by atoms with E-state index in [0.717, 1.165) is 0 Å². The van der Waals surface area contributed by atoms with E-state index in [1.807, 2.05) is 0 Å². The third-order valence-electron chi connectivity index (χ3n) is 3.29. The van der Waals surface area contributed by atoms with Gasteiger partial charge in [0.1, 0.15) is 12.7 Å². The molecule has 0 radical (unpaired) electrons. The van der Waals surface area contributed by atoms with Crippen molar-refractivity contribution < 1.29 is 38.1 Å². The van der Waals surface area contributed by atoms with Crippen LogP contribution < -0.4 is 0 Å². The summed E-state index contributed by atoms with van der Waals surface area (Å²) in [5.41, 5.74) is 0. The molecule has 128 valence electrons. The number of ether oxygens (including phenoxy) is 5. The summed E-state index contributed by atoms with van der Waals surface area (Å²) in [6, 6.07) is -0.656. The van der Waals surface area contributed by atoms with Crippen molar-refractivity contribution in [1.82, 2.24) is 0 Å². The summed E-state index contributed by atoms with van der Waals surface area (Å²) < 4.78 is 26.5. The van der Waals surface area contributed by atoms with Gasteiger partial charge in [-0.1, -0.05) is 0 Å². The molecule has 2 aliphatic rings. The van der Waals surface area contributed by atoms with Crippen molar-refractivity contribution in [3.8, 4) is 0 Å². The van der Waals surface area contributed by atoms with Gasteiger partial charge in [-0.3, -0.25) is 14.4 Å². The van der Waals surface area contributed by atoms with E-state index in [4.69, 9.17) is 23.7 Å². The molecule has 0 bridgehead atoms. The number of esters is 3. The molecule has 0 spiro atoms. The molecule has 9 nitrogen and oxygen atoms in total. The molecule has 1 saturated heterocycles. The highest BCUT2D eigenvalue weighted by Gasteiger charge is 2.53. The monoisotopic (exact) mass is 329 g/mol. The molecule has 2 rings (SSSR count). The summed E-state index contributed by atoms with van der Waals surface area (Å²) in [4.78, 5) is 38.1. The summed E-state index contributed by atoms with van der Waals surface area (Å²) in [6.45, 7) is 5.17. The fourth-order valence-corrected chi connectivity index (χ4v) is 2.53. The van der Waals surface area contributed by atoms with Crippen molar-refractivity contribution in [1.29, 1.82) is 0 Å². The molecule has 0 aliphatic carbocycles. The van der Waals surface area contributed by atoms with Crippen molar-refractivity contribution >= 4 is 23.8 Å². The molecule has 2 heterocycles. The summed E-state index contributed by atoms with van der Waals surface area (Å²) in [6.07, 6.45) is -3.50. The fourth-order valence-electron chi connectivity index (χ4n) is 2.53. The minimum absolute atomic E-state index is 0.170. The Bertz CT molecular complexity index is 531. The molecule has 0 amide bonds. The van der Waals surface area contributed by atoms with Gasteiger partial charge in [-0.2, -0.15) is 0 Å². The Labute approximate surface area is 132 Å². The number of nitrogens with zero attached hydrogens (tertiary/aromatic N) is 1. The minimum Gasteiger partial charge on any atom is -0.463 e. The smallest absolute Gasteiger partial charge is 0.303 e. The van der Waals surface area contributed by atoms with E-state index in [1.54, 1.807) is 6.92 Å². The number of carbonyl (C=O) groups excluding carboxylic acids is 3. The Morgan fingerprint density at radius 1 is 1.04 bits per heavy atom. The summed E-state index contributed by atoms with van der Waals surface area (Å²) in [7, 11) is 0. The first-order valence-corrected chi connectivity index (χ1v) is 7.12. The molecule has 1 fully saturated rings. The average molecular weight is 329 g/mol. The molecule has 23 heavy (non-hydrogen) atoms. The first kappa shape index (κ1) is 17.2. The summed E-state index contributed by atoms with van der Waals surface area (Å²) in [5.74, 6) is -1.28. The van der Waals surface area contributed by atoms with Gasteiger partial charge < -0.3 is 23.7 Å². The molecule has 0 aromatic carbocycles. The van der Waals surface area contributed by atoms with Crippen LogP contribution in [0.25, 0.3) is 0 Å². The predicted octanol–water partition coefficient (Wildman–Crippen LogP) is -0.0450. The van der Waals surface area contributed by atoms with Crippen LogP contribution in [0.2, 0.25) is 0 Å².